The van der Waals surface area contributed by atoms with Crippen molar-refractivity contribution in [3.05, 3.63) is 29.0 Å². The van der Waals surface area contributed by atoms with Crippen molar-refractivity contribution in [3.63, 3.8) is 0 Å². The zero-order valence-corrected chi connectivity index (χ0v) is 12.2. The van der Waals surface area contributed by atoms with Crippen molar-refractivity contribution in [2.45, 2.75) is 25.3 Å². The van der Waals surface area contributed by atoms with Crippen LogP contribution in [0.15, 0.2) is 18.2 Å². The molecule has 102 valence electrons. The van der Waals surface area contributed by atoms with Crippen LogP contribution >= 0.6 is 23.2 Å². The SMILES string of the molecule is COC(=O)CCn1c(C(C)Cl)nc2cccc(Cl)c21. The summed E-state index contributed by atoms with van der Waals surface area (Å²) >= 11 is 12.3. The molecule has 0 spiro atoms. The molecule has 1 aromatic heterocycles. The normalized spacial score (nSPS) is 12.6. The second kappa shape index (κ2) is 5.80. The van der Waals surface area contributed by atoms with Crippen LogP contribution in [0.25, 0.3) is 11.0 Å². The first kappa shape index (κ1) is 14.2. The van der Waals surface area contributed by atoms with Crippen LogP contribution in [-0.2, 0) is 16.1 Å². The minimum absolute atomic E-state index is 0.254. The van der Waals surface area contributed by atoms with Crippen molar-refractivity contribution < 1.29 is 9.53 Å². The smallest absolute Gasteiger partial charge is 0.307 e. The number of ether oxygens (including phenoxy) is 1. The summed E-state index contributed by atoms with van der Waals surface area (Å²) in [5.41, 5.74) is 1.58. The first-order valence-electron chi connectivity index (χ1n) is 5.90. The van der Waals surface area contributed by atoms with Gasteiger partial charge in [0.15, 0.2) is 0 Å². The number of aromatic nitrogens is 2. The van der Waals surface area contributed by atoms with Gasteiger partial charge in [0.05, 0.1) is 35.0 Å². The summed E-state index contributed by atoms with van der Waals surface area (Å²) in [5.74, 6) is 0.427. The van der Waals surface area contributed by atoms with Crippen LogP contribution in [-0.4, -0.2) is 22.6 Å². The maximum absolute atomic E-state index is 11.3. The lowest BCUT2D eigenvalue weighted by molar-refractivity contribution is -0.140. The number of para-hydroxylation sites is 1. The van der Waals surface area contributed by atoms with Gasteiger partial charge in [-0.05, 0) is 19.1 Å². The molecule has 2 rings (SSSR count). The Labute approximate surface area is 121 Å². The molecule has 0 saturated carbocycles. The molecule has 1 aromatic carbocycles. The highest BCUT2D eigenvalue weighted by Gasteiger charge is 2.17. The molecular weight excluding hydrogens is 287 g/mol. The summed E-state index contributed by atoms with van der Waals surface area (Å²) in [6.45, 7) is 2.28. The minimum atomic E-state index is -0.276. The van der Waals surface area contributed by atoms with E-state index in [0.29, 0.717) is 17.4 Å². The van der Waals surface area contributed by atoms with E-state index in [2.05, 4.69) is 9.72 Å². The molecule has 0 bridgehead atoms. The molecule has 1 unspecified atom stereocenters. The Morgan fingerprint density at radius 2 is 2.26 bits per heavy atom. The van der Waals surface area contributed by atoms with Gasteiger partial charge in [-0.3, -0.25) is 4.79 Å². The van der Waals surface area contributed by atoms with Crippen LogP contribution in [0.1, 0.15) is 24.5 Å². The predicted octanol–water partition coefficient (Wildman–Crippen LogP) is 3.55. The minimum Gasteiger partial charge on any atom is -0.469 e. The van der Waals surface area contributed by atoms with Gasteiger partial charge in [-0.2, -0.15) is 0 Å². The summed E-state index contributed by atoms with van der Waals surface area (Å²) in [7, 11) is 1.37. The Kier molecular flexibility index (Phi) is 4.32. The first-order chi connectivity index (χ1) is 9.04. The largest absolute Gasteiger partial charge is 0.469 e. The van der Waals surface area contributed by atoms with E-state index in [1.807, 2.05) is 23.6 Å². The number of alkyl halides is 1. The second-order valence-electron chi connectivity index (χ2n) is 4.17. The molecule has 0 aliphatic rings. The van der Waals surface area contributed by atoms with Crippen LogP contribution in [0.3, 0.4) is 0 Å². The number of halogens is 2. The Bertz CT molecular complexity index is 608. The van der Waals surface area contributed by atoms with Crippen LogP contribution < -0.4 is 0 Å². The summed E-state index contributed by atoms with van der Waals surface area (Å²) in [4.78, 5) is 15.8. The number of rotatable bonds is 4. The molecule has 4 nitrogen and oxygen atoms in total. The van der Waals surface area contributed by atoms with E-state index in [0.717, 1.165) is 11.0 Å². The predicted molar refractivity (Wildman–Crippen MR) is 75.6 cm³/mol. The number of esters is 1. The summed E-state index contributed by atoms with van der Waals surface area (Å²) in [6.07, 6.45) is 0.254. The van der Waals surface area contributed by atoms with Crippen molar-refractivity contribution in [3.8, 4) is 0 Å². The number of carbonyl (C=O) groups is 1. The standard InChI is InChI=1S/C13H14Cl2N2O2/c1-8(14)13-16-10-5-3-4-9(15)12(10)17(13)7-6-11(18)19-2/h3-5,8H,6-7H2,1-2H3. The van der Waals surface area contributed by atoms with Crippen molar-refractivity contribution in [2.75, 3.05) is 7.11 Å². The number of aryl methyl sites for hydroxylation is 1. The van der Waals surface area contributed by atoms with Gasteiger partial charge in [0, 0.05) is 6.54 Å². The molecule has 0 fully saturated rings. The van der Waals surface area contributed by atoms with Gasteiger partial charge < -0.3 is 9.30 Å². The fourth-order valence-electron chi connectivity index (χ4n) is 1.99. The highest BCUT2D eigenvalue weighted by Crippen LogP contribution is 2.29. The zero-order valence-electron chi connectivity index (χ0n) is 10.7. The zero-order chi connectivity index (χ0) is 14.0. The first-order valence-corrected chi connectivity index (χ1v) is 6.71. The average Bonchev–Trinajstić information content (AvgIpc) is 2.76. The fourth-order valence-corrected chi connectivity index (χ4v) is 2.43. The van der Waals surface area contributed by atoms with Crippen molar-refractivity contribution >= 4 is 40.2 Å². The number of carbonyl (C=O) groups excluding carboxylic acids is 1. The number of benzene rings is 1. The summed E-state index contributed by atoms with van der Waals surface area (Å²) < 4.78 is 6.53. The van der Waals surface area contributed by atoms with Crippen LogP contribution in [0.4, 0.5) is 0 Å². The molecule has 1 atom stereocenters. The van der Waals surface area contributed by atoms with Crippen molar-refractivity contribution in [2.24, 2.45) is 0 Å². The topological polar surface area (TPSA) is 44.1 Å². The molecule has 2 aromatic rings. The third kappa shape index (κ3) is 2.85. The van der Waals surface area contributed by atoms with Crippen LogP contribution in [0, 0.1) is 0 Å². The van der Waals surface area contributed by atoms with E-state index in [-0.39, 0.29) is 17.8 Å². The van der Waals surface area contributed by atoms with Gasteiger partial charge >= 0.3 is 5.97 Å². The Morgan fingerprint density at radius 3 is 2.89 bits per heavy atom. The Morgan fingerprint density at radius 1 is 1.53 bits per heavy atom. The number of hydrogen-bond donors (Lipinski definition) is 0. The molecule has 19 heavy (non-hydrogen) atoms. The summed E-state index contributed by atoms with van der Waals surface area (Å²) in [5, 5.41) is 0.333. The lowest BCUT2D eigenvalue weighted by atomic mass is 10.3. The second-order valence-corrected chi connectivity index (χ2v) is 5.23. The third-order valence-corrected chi connectivity index (χ3v) is 3.37. The fraction of sp³-hybridized carbons (Fsp3) is 0.385. The van der Waals surface area contributed by atoms with E-state index in [1.54, 1.807) is 6.07 Å². The maximum atomic E-state index is 11.3. The van der Waals surface area contributed by atoms with Gasteiger partial charge in [0.2, 0.25) is 0 Å². The van der Waals surface area contributed by atoms with Crippen LogP contribution in [0.5, 0.6) is 0 Å². The lowest BCUT2D eigenvalue weighted by Crippen LogP contribution is -2.10. The molecule has 6 heteroatoms. The number of hydrogen-bond acceptors (Lipinski definition) is 3. The Balaban J connectivity index is 2.48. The monoisotopic (exact) mass is 300 g/mol. The highest BCUT2D eigenvalue weighted by atomic mass is 35.5. The number of nitrogens with zero attached hydrogens (tertiary/aromatic N) is 2. The average molecular weight is 301 g/mol. The van der Waals surface area contributed by atoms with Gasteiger partial charge in [0.25, 0.3) is 0 Å². The molecule has 0 aliphatic heterocycles. The van der Waals surface area contributed by atoms with Gasteiger partial charge in [0.1, 0.15) is 5.82 Å². The van der Waals surface area contributed by atoms with E-state index in [1.165, 1.54) is 7.11 Å². The van der Waals surface area contributed by atoms with Gasteiger partial charge in [-0.25, -0.2) is 4.98 Å². The van der Waals surface area contributed by atoms with Gasteiger partial charge in [-0.1, -0.05) is 17.7 Å². The van der Waals surface area contributed by atoms with E-state index >= 15 is 0 Å². The lowest BCUT2D eigenvalue weighted by Gasteiger charge is -2.10. The van der Waals surface area contributed by atoms with Crippen molar-refractivity contribution in [1.29, 1.82) is 0 Å². The third-order valence-electron chi connectivity index (χ3n) is 2.87. The quantitative estimate of drug-likeness (QED) is 0.640. The summed E-state index contributed by atoms with van der Waals surface area (Å²) in [6, 6.07) is 5.51. The van der Waals surface area contributed by atoms with E-state index in [9.17, 15) is 4.79 Å². The maximum Gasteiger partial charge on any atom is 0.307 e. The molecule has 1 heterocycles. The number of methoxy groups -OCH3 is 1. The van der Waals surface area contributed by atoms with Crippen LogP contribution in [0.2, 0.25) is 5.02 Å². The molecule has 0 radical (unpaired) electrons. The number of imidazole rings is 1. The Hall–Kier alpha value is -1.26. The van der Waals surface area contributed by atoms with E-state index < -0.39 is 0 Å². The molecule has 0 aliphatic carbocycles. The number of fused-ring (bicyclic) bond motifs is 1. The van der Waals surface area contributed by atoms with Gasteiger partial charge in [-0.15, -0.1) is 11.6 Å². The molecule has 0 N–H and O–H groups in total. The van der Waals surface area contributed by atoms with Crippen molar-refractivity contribution in [1.82, 2.24) is 9.55 Å². The highest BCUT2D eigenvalue weighted by molar-refractivity contribution is 6.35. The molecule has 0 saturated heterocycles. The van der Waals surface area contributed by atoms with E-state index in [4.69, 9.17) is 23.2 Å². The molecular formula is C13H14Cl2N2O2. The molecule has 0 amide bonds.